The quantitative estimate of drug-likeness (QED) is 0.333. The van der Waals surface area contributed by atoms with Gasteiger partial charge in [-0.05, 0) is 35.9 Å². The first-order valence-corrected chi connectivity index (χ1v) is 6.99. The summed E-state index contributed by atoms with van der Waals surface area (Å²) in [5.74, 6) is -0.719. The molecule has 2 aromatic rings. The van der Waals surface area contributed by atoms with Crippen molar-refractivity contribution in [2.45, 2.75) is 0 Å². The normalized spacial score (nSPS) is 10.8. The summed E-state index contributed by atoms with van der Waals surface area (Å²) in [6, 6.07) is 11.8. The van der Waals surface area contributed by atoms with Gasteiger partial charge in [-0.1, -0.05) is 46.5 Å². The zero-order chi connectivity index (χ0) is 16.8. The number of hydrogen-bond donors (Lipinski definition) is 1. The molecule has 2 aromatic carbocycles. The van der Waals surface area contributed by atoms with Gasteiger partial charge in [-0.2, -0.15) is 0 Å². The van der Waals surface area contributed by atoms with E-state index in [1.165, 1.54) is 12.1 Å². The maximum absolute atomic E-state index is 11.1. The number of ether oxygens (including phenoxy) is 1. The molecule has 0 aliphatic carbocycles. The van der Waals surface area contributed by atoms with Gasteiger partial charge in [-0.15, -0.1) is 0 Å². The van der Waals surface area contributed by atoms with E-state index in [1.807, 2.05) is 6.07 Å². The number of halogens is 2. The Bertz CT molecular complexity index is 812. The third-order valence-electron chi connectivity index (χ3n) is 2.71. The van der Waals surface area contributed by atoms with Crippen LogP contribution in [-0.4, -0.2) is 11.1 Å². The highest BCUT2D eigenvalue weighted by Crippen LogP contribution is 2.39. The van der Waals surface area contributed by atoms with Crippen molar-refractivity contribution in [2.24, 2.45) is 5.11 Å². The van der Waals surface area contributed by atoms with Crippen LogP contribution < -0.4 is 4.74 Å². The van der Waals surface area contributed by atoms with Crippen molar-refractivity contribution >= 4 is 35.2 Å². The molecular formula is C15H9Cl2N3O3. The molecule has 0 aromatic heterocycles. The fourth-order valence-corrected chi connectivity index (χ4v) is 2.06. The molecule has 0 amide bonds. The highest BCUT2D eigenvalue weighted by molar-refractivity contribution is 6.43. The summed E-state index contributed by atoms with van der Waals surface area (Å²) in [6.45, 7) is 0. The van der Waals surface area contributed by atoms with Crippen LogP contribution in [0.2, 0.25) is 10.0 Å². The minimum absolute atomic E-state index is 0.120. The van der Waals surface area contributed by atoms with E-state index in [-0.39, 0.29) is 15.8 Å². The molecule has 0 atom stereocenters. The van der Waals surface area contributed by atoms with Gasteiger partial charge in [0.1, 0.15) is 16.5 Å². The summed E-state index contributed by atoms with van der Waals surface area (Å²) in [4.78, 5) is 13.6. The number of nitrogens with zero attached hydrogens (tertiary/aromatic N) is 3. The largest absolute Gasteiger partial charge is 0.478 e. The van der Waals surface area contributed by atoms with E-state index in [2.05, 4.69) is 10.0 Å². The van der Waals surface area contributed by atoms with Crippen LogP contribution in [0.15, 0.2) is 53.3 Å². The lowest BCUT2D eigenvalue weighted by molar-refractivity contribution is -0.132. The SMILES string of the molecule is [N-]=[N+]=NC(=Cc1ccc(Cl)c(Cl)c1Oc1ccccc1)C(=O)O. The molecule has 2 rings (SSSR count). The maximum Gasteiger partial charge on any atom is 0.338 e. The Morgan fingerprint density at radius 2 is 1.91 bits per heavy atom. The number of aliphatic carboxylic acids is 1. The molecule has 116 valence electrons. The molecule has 0 saturated carbocycles. The zero-order valence-electron chi connectivity index (χ0n) is 11.5. The van der Waals surface area contributed by atoms with Crippen molar-refractivity contribution in [3.05, 3.63) is 74.2 Å². The molecule has 0 fully saturated rings. The van der Waals surface area contributed by atoms with Gasteiger partial charge < -0.3 is 9.84 Å². The molecular weight excluding hydrogens is 341 g/mol. The Labute approximate surface area is 141 Å². The molecule has 0 aliphatic rings. The number of carbonyl (C=O) groups is 1. The van der Waals surface area contributed by atoms with Crippen LogP contribution >= 0.6 is 23.2 Å². The van der Waals surface area contributed by atoms with Gasteiger partial charge in [0, 0.05) is 10.5 Å². The highest BCUT2D eigenvalue weighted by atomic mass is 35.5. The predicted molar refractivity (Wildman–Crippen MR) is 87.7 cm³/mol. The Morgan fingerprint density at radius 1 is 1.22 bits per heavy atom. The van der Waals surface area contributed by atoms with Crippen LogP contribution in [0, 0.1) is 0 Å². The van der Waals surface area contributed by atoms with E-state index in [0.29, 0.717) is 11.3 Å². The van der Waals surface area contributed by atoms with E-state index >= 15 is 0 Å². The molecule has 0 saturated heterocycles. The van der Waals surface area contributed by atoms with E-state index in [0.717, 1.165) is 6.08 Å². The molecule has 0 radical (unpaired) electrons. The molecule has 6 nitrogen and oxygen atoms in total. The monoisotopic (exact) mass is 349 g/mol. The predicted octanol–water partition coefficient (Wildman–Crippen LogP) is 5.52. The smallest absolute Gasteiger partial charge is 0.338 e. The van der Waals surface area contributed by atoms with Crippen molar-refractivity contribution in [1.82, 2.24) is 0 Å². The van der Waals surface area contributed by atoms with E-state index in [4.69, 9.17) is 38.6 Å². The molecule has 0 unspecified atom stereocenters. The molecule has 0 aliphatic heterocycles. The van der Waals surface area contributed by atoms with Gasteiger partial charge in [0.15, 0.2) is 5.75 Å². The maximum atomic E-state index is 11.1. The molecule has 1 N–H and O–H groups in total. The van der Waals surface area contributed by atoms with Gasteiger partial charge >= 0.3 is 5.97 Å². The summed E-state index contributed by atoms with van der Waals surface area (Å²) in [7, 11) is 0. The van der Waals surface area contributed by atoms with Gasteiger partial charge in [0.05, 0.1) is 5.02 Å². The molecule has 0 bridgehead atoms. The molecule has 0 heterocycles. The highest BCUT2D eigenvalue weighted by Gasteiger charge is 2.14. The van der Waals surface area contributed by atoms with Crippen LogP contribution in [0.5, 0.6) is 11.5 Å². The third-order valence-corrected chi connectivity index (χ3v) is 3.49. The third kappa shape index (κ3) is 4.17. The lowest BCUT2D eigenvalue weighted by Gasteiger charge is -2.12. The average Bonchev–Trinajstić information content (AvgIpc) is 2.54. The van der Waals surface area contributed by atoms with Crippen LogP contribution in [0.1, 0.15) is 5.56 Å². The zero-order valence-corrected chi connectivity index (χ0v) is 13.0. The van der Waals surface area contributed by atoms with Crippen molar-refractivity contribution < 1.29 is 14.6 Å². The summed E-state index contributed by atoms with van der Waals surface area (Å²) in [5, 5.41) is 12.5. The van der Waals surface area contributed by atoms with Crippen LogP contribution in [-0.2, 0) is 4.79 Å². The van der Waals surface area contributed by atoms with Crippen LogP contribution in [0.25, 0.3) is 16.5 Å². The van der Waals surface area contributed by atoms with Crippen LogP contribution in [0.3, 0.4) is 0 Å². The number of hydrogen-bond acceptors (Lipinski definition) is 3. The number of para-hydroxylation sites is 1. The van der Waals surface area contributed by atoms with Crippen molar-refractivity contribution in [3.63, 3.8) is 0 Å². The van der Waals surface area contributed by atoms with E-state index < -0.39 is 11.7 Å². The van der Waals surface area contributed by atoms with Crippen molar-refractivity contribution in [1.29, 1.82) is 0 Å². The first-order chi connectivity index (χ1) is 11.0. The van der Waals surface area contributed by atoms with Gasteiger partial charge in [0.25, 0.3) is 0 Å². The van der Waals surface area contributed by atoms with Gasteiger partial charge in [0.2, 0.25) is 0 Å². The van der Waals surface area contributed by atoms with Crippen LogP contribution in [0.4, 0.5) is 0 Å². The minimum atomic E-state index is -1.38. The average molecular weight is 350 g/mol. The van der Waals surface area contributed by atoms with Gasteiger partial charge in [-0.25, -0.2) is 4.79 Å². The summed E-state index contributed by atoms with van der Waals surface area (Å²) >= 11 is 12.1. The number of benzene rings is 2. The summed E-state index contributed by atoms with van der Waals surface area (Å²) in [5.41, 5.74) is 8.26. The summed E-state index contributed by atoms with van der Waals surface area (Å²) in [6.07, 6.45) is 1.16. The molecule has 23 heavy (non-hydrogen) atoms. The number of carboxylic acid groups (broad SMARTS) is 1. The fourth-order valence-electron chi connectivity index (χ4n) is 1.70. The number of rotatable bonds is 5. The number of azide groups is 1. The van der Waals surface area contributed by atoms with Crippen molar-refractivity contribution in [2.75, 3.05) is 0 Å². The van der Waals surface area contributed by atoms with Crippen molar-refractivity contribution in [3.8, 4) is 11.5 Å². The second-order valence-corrected chi connectivity index (χ2v) is 5.00. The standard InChI is InChI=1S/C15H9Cl2N3O3/c16-11-7-6-9(8-12(15(21)22)19-20-18)14(13(11)17)23-10-4-2-1-3-5-10/h1-8H,(H,21,22). The fraction of sp³-hybridized carbons (Fsp3) is 0. The molecule has 8 heteroatoms. The lowest BCUT2D eigenvalue weighted by Crippen LogP contribution is -1.97. The Morgan fingerprint density at radius 3 is 2.52 bits per heavy atom. The Kier molecular flexibility index (Phi) is 5.49. The molecule has 0 spiro atoms. The Balaban J connectivity index is 2.56. The first kappa shape index (κ1) is 16.7. The number of carboxylic acids is 1. The van der Waals surface area contributed by atoms with E-state index in [9.17, 15) is 4.79 Å². The second-order valence-electron chi connectivity index (χ2n) is 4.22. The first-order valence-electron chi connectivity index (χ1n) is 6.24. The topological polar surface area (TPSA) is 95.3 Å². The van der Waals surface area contributed by atoms with E-state index in [1.54, 1.807) is 24.3 Å². The second kappa shape index (κ2) is 7.56. The summed E-state index contributed by atoms with van der Waals surface area (Å²) < 4.78 is 5.69. The minimum Gasteiger partial charge on any atom is -0.478 e. The lowest BCUT2D eigenvalue weighted by atomic mass is 10.1. The van der Waals surface area contributed by atoms with Gasteiger partial charge in [-0.3, -0.25) is 0 Å². The Hall–Kier alpha value is -2.66.